The molecule has 0 atom stereocenters. The van der Waals surface area contributed by atoms with Crippen molar-refractivity contribution in [3.8, 4) is 0 Å². The third-order valence-electron chi connectivity index (χ3n) is 3.64. The largest absolute Gasteiger partial charge is 0.298 e. The van der Waals surface area contributed by atoms with Gasteiger partial charge in [-0.1, -0.05) is 45.9 Å². The smallest absolute Gasteiger partial charge is 0.240 e. The average Bonchev–Trinajstić information content (AvgIpc) is 2.36. The molecule has 1 N–H and O–H groups in total. The van der Waals surface area contributed by atoms with Crippen LogP contribution in [0.5, 0.6) is 0 Å². The summed E-state index contributed by atoms with van der Waals surface area (Å²) in [6, 6.07) is 8.04. The van der Waals surface area contributed by atoms with Crippen molar-refractivity contribution in [1.82, 2.24) is 4.72 Å². The summed E-state index contributed by atoms with van der Waals surface area (Å²) in [7, 11) is -3.61. The molecule has 0 fully saturated rings. The van der Waals surface area contributed by atoms with Crippen molar-refractivity contribution in [2.75, 3.05) is 6.54 Å². The van der Waals surface area contributed by atoms with Crippen LogP contribution in [-0.4, -0.2) is 20.7 Å². The van der Waals surface area contributed by atoms with Gasteiger partial charge in [0.15, 0.2) is 5.78 Å². The SMILES string of the molecule is CC(C)C(C)(C)C(=O)CNS(=O)(=O)c1ccccc1. The van der Waals surface area contributed by atoms with Crippen LogP contribution in [-0.2, 0) is 14.8 Å². The third kappa shape index (κ3) is 3.88. The first kappa shape index (κ1) is 15.9. The zero-order chi connectivity index (χ0) is 14.7. The maximum Gasteiger partial charge on any atom is 0.240 e. The number of sulfonamides is 1. The fourth-order valence-corrected chi connectivity index (χ4v) is 2.40. The maximum absolute atomic E-state index is 12.1. The van der Waals surface area contributed by atoms with Crippen LogP contribution in [0, 0.1) is 11.3 Å². The fraction of sp³-hybridized carbons (Fsp3) is 0.500. The molecule has 0 bridgehead atoms. The van der Waals surface area contributed by atoms with Gasteiger partial charge in [0, 0.05) is 5.41 Å². The highest BCUT2D eigenvalue weighted by Crippen LogP contribution is 2.26. The van der Waals surface area contributed by atoms with Gasteiger partial charge in [0.1, 0.15) is 0 Å². The van der Waals surface area contributed by atoms with Gasteiger partial charge in [0.2, 0.25) is 10.0 Å². The molecule has 4 nitrogen and oxygen atoms in total. The molecule has 19 heavy (non-hydrogen) atoms. The zero-order valence-electron chi connectivity index (χ0n) is 11.8. The molecule has 1 rings (SSSR count). The van der Waals surface area contributed by atoms with Gasteiger partial charge >= 0.3 is 0 Å². The molecule has 0 aliphatic heterocycles. The topological polar surface area (TPSA) is 63.2 Å². The van der Waals surface area contributed by atoms with Gasteiger partial charge in [0.25, 0.3) is 0 Å². The Balaban J connectivity index is 2.75. The Morgan fingerprint density at radius 2 is 1.74 bits per heavy atom. The molecular weight excluding hydrogens is 262 g/mol. The first-order chi connectivity index (χ1) is 8.68. The minimum atomic E-state index is -3.61. The van der Waals surface area contributed by atoms with Crippen molar-refractivity contribution in [1.29, 1.82) is 0 Å². The van der Waals surface area contributed by atoms with Gasteiger partial charge in [-0.3, -0.25) is 4.79 Å². The van der Waals surface area contributed by atoms with Gasteiger partial charge in [0.05, 0.1) is 11.4 Å². The van der Waals surface area contributed by atoms with E-state index < -0.39 is 15.4 Å². The number of benzene rings is 1. The van der Waals surface area contributed by atoms with E-state index in [0.717, 1.165) is 0 Å². The fourth-order valence-electron chi connectivity index (χ4n) is 1.39. The number of hydrogen-bond acceptors (Lipinski definition) is 3. The summed E-state index contributed by atoms with van der Waals surface area (Å²) in [6.45, 7) is 7.38. The average molecular weight is 283 g/mol. The van der Waals surface area contributed by atoms with Gasteiger partial charge in [-0.25, -0.2) is 13.1 Å². The number of hydrogen-bond donors (Lipinski definition) is 1. The third-order valence-corrected chi connectivity index (χ3v) is 5.06. The highest BCUT2D eigenvalue weighted by molar-refractivity contribution is 7.89. The van der Waals surface area contributed by atoms with Crippen LogP contribution in [0.1, 0.15) is 27.7 Å². The van der Waals surface area contributed by atoms with Gasteiger partial charge in [-0.05, 0) is 18.1 Å². The number of carbonyl (C=O) groups excluding carboxylic acids is 1. The highest BCUT2D eigenvalue weighted by atomic mass is 32.2. The molecule has 0 amide bonds. The minimum absolute atomic E-state index is 0.109. The lowest BCUT2D eigenvalue weighted by Gasteiger charge is -2.27. The molecule has 5 heteroatoms. The van der Waals surface area contributed by atoms with E-state index in [1.54, 1.807) is 18.2 Å². The van der Waals surface area contributed by atoms with E-state index in [-0.39, 0.29) is 23.1 Å². The van der Waals surface area contributed by atoms with Gasteiger partial charge in [-0.15, -0.1) is 0 Å². The van der Waals surface area contributed by atoms with E-state index in [1.165, 1.54) is 12.1 Å². The van der Waals surface area contributed by atoms with Crippen molar-refractivity contribution in [3.63, 3.8) is 0 Å². The van der Waals surface area contributed by atoms with Crippen LogP contribution >= 0.6 is 0 Å². The molecule has 0 aliphatic rings. The molecule has 0 aromatic heterocycles. The molecule has 106 valence electrons. The van der Waals surface area contributed by atoms with E-state index in [0.29, 0.717) is 0 Å². The Hall–Kier alpha value is -1.20. The molecule has 0 saturated carbocycles. The van der Waals surface area contributed by atoms with Crippen LogP contribution in [0.3, 0.4) is 0 Å². The summed E-state index contributed by atoms with van der Waals surface area (Å²) in [5.74, 6) is 0.0447. The van der Waals surface area contributed by atoms with E-state index >= 15 is 0 Å². The summed E-state index contributed by atoms with van der Waals surface area (Å²) >= 11 is 0. The van der Waals surface area contributed by atoms with Crippen LogP contribution < -0.4 is 4.72 Å². The first-order valence-electron chi connectivity index (χ1n) is 6.26. The van der Waals surface area contributed by atoms with E-state index in [2.05, 4.69) is 4.72 Å². The standard InChI is InChI=1S/C14H21NO3S/c1-11(2)14(3,4)13(16)10-15-19(17,18)12-8-6-5-7-9-12/h5-9,11,15H,10H2,1-4H3. The van der Waals surface area contributed by atoms with Gasteiger partial charge < -0.3 is 0 Å². The second-order valence-electron chi connectivity index (χ2n) is 5.44. The van der Waals surface area contributed by atoms with E-state index in [9.17, 15) is 13.2 Å². The Morgan fingerprint density at radius 1 is 1.21 bits per heavy atom. The number of Topliss-reactive ketones (excluding diaryl/α,β-unsaturated/α-hetero) is 1. The van der Waals surface area contributed by atoms with Crippen molar-refractivity contribution in [3.05, 3.63) is 30.3 Å². The van der Waals surface area contributed by atoms with Crippen molar-refractivity contribution in [2.24, 2.45) is 11.3 Å². The summed E-state index contributed by atoms with van der Waals surface area (Å²) < 4.78 is 26.3. The molecule has 0 heterocycles. The maximum atomic E-state index is 12.1. The summed E-state index contributed by atoms with van der Waals surface area (Å²) in [4.78, 5) is 12.2. The predicted molar refractivity (Wildman–Crippen MR) is 75.3 cm³/mol. The van der Waals surface area contributed by atoms with Crippen LogP contribution in [0.25, 0.3) is 0 Å². The summed E-state index contributed by atoms with van der Waals surface area (Å²) in [5, 5.41) is 0. The first-order valence-corrected chi connectivity index (χ1v) is 7.74. The number of carbonyl (C=O) groups is 1. The molecular formula is C14H21NO3S. The summed E-state index contributed by atoms with van der Waals surface area (Å²) in [6.07, 6.45) is 0. The second kappa shape index (κ2) is 5.84. The van der Waals surface area contributed by atoms with Crippen LogP contribution in [0.15, 0.2) is 35.2 Å². The molecule has 0 unspecified atom stereocenters. The molecule has 0 radical (unpaired) electrons. The van der Waals surface area contributed by atoms with Crippen molar-refractivity contribution >= 4 is 15.8 Å². The van der Waals surface area contributed by atoms with Crippen LogP contribution in [0.4, 0.5) is 0 Å². The highest BCUT2D eigenvalue weighted by Gasteiger charge is 2.31. The molecule has 1 aromatic carbocycles. The zero-order valence-corrected chi connectivity index (χ0v) is 12.6. The predicted octanol–water partition coefficient (Wildman–Crippen LogP) is 2.22. The normalized spacial score (nSPS) is 12.7. The lowest BCUT2D eigenvalue weighted by atomic mass is 9.77. The second-order valence-corrected chi connectivity index (χ2v) is 7.20. The van der Waals surface area contributed by atoms with E-state index in [4.69, 9.17) is 0 Å². The quantitative estimate of drug-likeness (QED) is 0.870. The molecule has 0 saturated heterocycles. The Morgan fingerprint density at radius 3 is 2.21 bits per heavy atom. The minimum Gasteiger partial charge on any atom is -0.298 e. The molecule has 0 aliphatic carbocycles. The Kier molecular flexibility index (Phi) is 4.87. The lowest BCUT2D eigenvalue weighted by Crippen LogP contribution is -2.39. The monoisotopic (exact) mass is 283 g/mol. The molecule has 1 aromatic rings. The summed E-state index contributed by atoms with van der Waals surface area (Å²) in [5.41, 5.74) is -0.542. The number of nitrogens with one attached hydrogen (secondary N) is 1. The molecule has 0 spiro atoms. The van der Waals surface area contributed by atoms with Crippen molar-refractivity contribution in [2.45, 2.75) is 32.6 Å². The van der Waals surface area contributed by atoms with Crippen molar-refractivity contribution < 1.29 is 13.2 Å². The Bertz CT molecular complexity index is 533. The Labute approximate surface area is 115 Å². The number of ketones is 1. The number of rotatable bonds is 6. The lowest BCUT2D eigenvalue weighted by molar-refractivity contribution is -0.127. The van der Waals surface area contributed by atoms with Crippen LogP contribution in [0.2, 0.25) is 0 Å². The van der Waals surface area contributed by atoms with E-state index in [1.807, 2.05) is 27.7 Å². The van der Waals surface area contributed by atoms with Gasteiger partial charge in [-0.2, -0.15) is 0 Å².